The monoisotopic (exact) mass is 329 g/mol. The van der Waals surface area contributed by atoms with Gasteiger partial charge in [0.1, 0.15) is 12.1 Å². The van der Waals surface area contributed by atoms with Crippen LogP contribution in [0.4, 0.5) is 5.82 Å². The van der Waals surface area contributed by atoms with E-state index in [9.17, 15) is 0 Å². The quantitative estimate of drug-likeness (QED) is 0.819. The molecule has 24 heavy (non-hydrogen) atoms. The molecule has 1 unspecified atom stereocenters. The van der Waals surface area contributed by atoms with Gasteiger partial charge in [0.15, 0.2) is 5.65 Å². The Bertz CT molecular complexity index is 678. The van der Waals surface area contributed by atoms with Crippen molar-refractivity contribution in [3.05, 3.63) is 18.5 Å². The molecule has 0 aliphatic carbocycles. The van der Waals surface area contributed by atoms with E-state index in [1.807, 2.05) is 12.1 Å². The van der Waals surface area contributed by atoms with Crippen molar-refractivity contribution in [1.82, 2.24) is 29.6 Å². The zero-order valence-electron chi connectivity index (χ0n) is 14.7. The van der Waals surface area contributed by atoms with Crippen molar-refractivity contribution < 1.29 is 0 Å². The Morgan fingerprint density at radius 1 is 1.25 bits per heavy atom. The van der Waals surface area contributed by atoms with Crippen LogP contribution in [0.2, 0.25) is 0 Å². The van der Waals surface area contributed by atoms with Gasteiger partial charge in [-0.25, -0.2) is 0 Å². The highest BCUT2D eigenvalue weighted by Crippen LogP contribution is 2.23. The molecule has 2 aliphatic rings. The first-order chi connectivity index (χ1) is 11.7. The van der Waals surface area contributed by atoms with Gasteiger partial charge in [0.25, 0.3) is 0 Å². The average Bonchev–Trinajstić information content (AvgIpc) is 3.00. The second kappa shape index (κ2) is 6.64. The third-order valence-electron chi connectivity index (χ3n) is 5.69. The molecule has 0 saturated carbocycles. The molecule has 0 amide bonds. The molecule has 2 aromatic heterocycles. The van der Waals surface area contributed by atoms with Crippen LogP contribution in [0.1, 0.15) is 25.7 Å². The van der Waals surface area contributed by atoms with Gasteiger partial charge < -0.3 is 9.80 Å². The highest BCUT2D eigenvalue weighted by Gasteiger charge is 2.31. The molecule has 7 nitrogen and oxygen atoms in total. The van der Waals surface area contributed by atoms with E-state index >= 15 is 0 Å². The molecule has 7 heteroatoms. The maximum Gasteiger partial charge on any atom is 0.177 e. The summed E-state index contributed by atoms with van der Waals surface area (Å²) in [5, 5.41) is 12.5. The summed E-state index contributed by atoms with van der Waals surface area (Å²) in [5.41, 5.74) is 0.796. The van der Waals surface area contributed by atoms with Gasteiger partial charge >= 0.3 is 0 Å². The summed E-state index contributed by atoms with van der Waals surface area (Å²) in [5.74, 6) is 1.01. The number of rotatable bonds is 5. The fourth-order valence-electron chi connectivity index (χ4n) is 3.85. The molecule has 4 rings (SSSR count). The lowest BCUT2D eigenvalue weighted by molar-refractivity contribution is 0.139. The highest BCUT2D eigenvalue weighted by molar-refractivity contribution is 5.47. The number of fused-ring (bicyclic) bond motifs is 1. The van der Waals surface area contributed by atoms with Crippen LogP contribution in [0.5, 0.6) is 0 Å². The molecule has 2 aliphatic heterocycles. The summed E-state index contributed by atoms with van der Waals surface area (Å²) in [7, 11) is 4.54. The number of nitrogens with zero attached hydrogens (tertiary/aromatic N) is 7. The highest BCUT2D eigenvalue weighted by atomic mass is 15.4. The fraction of sp³-hybridized carbons (Fsp3) is 0.706. The van der Waals surface area contributed by atoms with Crippen molar-refractivity contribution in [2.75, 3.05) is 45.2 Å². The molecule has 4 heterocycles. The van der Waals surface area contributed by atoms with Gasteiger partial charge in [0.05, 0.1) is 0 Å². The second-order valence-corrected chi connectivity index (χ2v) is 7.28. The minimum absolute atomic E-state index is 0.636. The fourth-order valence-corrected chi connectivity index (χ4v) is 3.85. The number of anilines is 1. The third-order valence-corrected chi connectivity index (χ3v) is 5.69. The van der Waals surface area contributed by atoms with E-state index in [-0.39, 0.29) is 0 Å². The number of aromatic nitrogens is 4. The number of hydrogen-bond donors (Lipinski definition) is 0. The van der Waals surface area contributed by atoms with Crippen molar-refractivity contribution in [1.29, 1.82) is 0 Å². The number of likely N-dealkylation sites (N-methyl/N-ethyl adjacent to an activating group) is 1. The molecule has 0 N–H and O–H groups in total. The Morgan fingerprint density at radius 3 is 2.96 bits per heavy atom. The smallest absolute Gasteiger partial charge is 0.177 e. The van der Waals surface area contributed by atoms with E-state index in [1.165, 1.54) is 38.8 Å². The van der Waals surface area contributed by atoms with Crippen LogP contribution < -0.4 is 4.90 Å². The summed E-state index contributed by atoms with van der Waals surface area (Å²) in [6, 6.07) is 5.43. The van der Waals surface area contributed by atoms with Gasteiger partial charge in [0, 0.05) is 25.2 Å². The molecule has 1 atom stereocenters. The van der Waals surface area contributed by atoms with Gasteiger partial charge in [-0.1, -0.05) is 6.42 Å². The first-order valence-electron chi connectivity index (χ1n) is 9.03. The zero-order chi connectivity index (χ0) is 16.5. The van der Waals surface area contributed by atoms with E-state index < -0.39 is 0 Å². The van der Waals surface area contributed by atoms with Crippen LogP contribution in [0.3, 0.4) is 0 Å². The zero-order valence-corrected chi connectivity index (χ0v) is 14.7. The van der Waals surface area contributed by atoms with Crippen LogP contribution in [0.15, 0.2) is 18.5 Å². The van der Waals surface area contributed by atoms with Crippen LogP contribution >= 0.6 is 0 Å². The van der Waals surface area contributed by atoms with Crippen LogP contribution in [0, 0.1) is 0 Å². The summed E-state index contributed by atoms with van der Waals surface area (Å²) in [6.07, 6.45) is 7.07. The summed E-state index contributed by atoms with van der Waals surface area (Å²) in [6.45, 7) is 4.56. The Balaban J connectivity index is 1.27. The number of piperidine rings is 1. The number of likely N-dealkylation sites (tertiary alicyclic amines) is 1. The van der Waals surface area contributed by atoms with Gasteiger partial charge in [0.2, 0.25) is 0 Å². The van der Waals surface area contributed by atoms with Crippen LogP contribution in [-0.2, 0) is 0 Å². The van der Waals surface area contributed by atoms with Crippen molar-refractivity contribution in [2.45, 2.75) is 37.8 Å². The van der Waals surface area contributed by atoms with Gasteiger partial charge in [-0.15, -0.1) is 15.3 Å². The third kappa shape index (κ3) is 3.10. The molecule has 2 saturated heterocycles. The minimum atomic E-state index is 0.636. The first kappa shape index (κ1) is 15.8. The Labute approximate surface area is 143 Å². The molecule has 2 fully saturated rings. The lowest BCUT2D eigenvalue weighted by Crippen LogP contribution is -2.59. The van der Waals surface area contributed by atoms with Crippen LogP contribution in [0.25, 0.3) is 5.65 Å². The normalized spacial score (nSPS) is 23.1. The summed E-state index contributed by atoms with van der Waals surface area (Å²) in [4.78, 5) is 7.40. The van der Waals surface area contributed by atoms with E-state index in [0.717, 1.165) is 30.6 Å². The molecular weight excluding hydrogens is 302 g/mol. The molecular formula is C17H27N7. The van der Waals surface area contributed by atoms with E-state index in [0.29, 0.717) is 6.04 Å². The summed E-state index contributed by atoms with van der Waals surface area (Å²) >= 11 is 0. The Kier molecular flexibility index (Phi) is 4.37. The molecule has 0 spiro atoms. The molecule has 2 aromatic rings. The Hall–Kier alpha value is -1.73. The van der Waals surface area contributed by atoms with E-state index in [4.69, 9.17) is 0 Å². The topological polar surface area (TPSA) is 52.8 Å². The molecule has 0 radical (unpaired) electrons. The van der Waals surface area contributed by atoms with Crippen LogP contribution in [-0.4, -0.2) is 82.0 Å². The predicted octanol–water partition coefficient (Wildman–Crippen LogP) is 1.12. The van der Waals surface area contributed by atoms with E-state index in [1.54, 1.807) is 10.8 Å². The van der Waals surface area contributed by atoms with Gasteiger partial charge in [-0.3, -0.25) is 4.90 Å². The van der Waals surface area contributed by atoms with E-state index in [2.05, 4.69) is 44.1 Å². The van der Waals surface area contributed by atoms with Crippen molar-refractivity contribution in [3.63, 3.8) is 0 Å². The summed E-state index contributed by atoms with van der Waals surface area (Å²) < 4.78 is 1.74. The number of hydrogen-bond acceptors (Lipinski definition) is 6. The minimum Gasteiger partial charge on any atom is -0.352 e. The maximum absolute atomic E-state index is 4.57. The molecule has 130 valence electrons. The van der Waals surface area contributed by atoms with Crippen molar-refractivity contribution in [3.8, 4) is 0 Å². The SMILES string of the molecule is CN1CCCCC1CCN(C)C1CN(c2ccc3nncn3n2)C1. The molecule has 0 aromatic carbocycles. The standard InChI is InChI=1S/C17H27N7/c1-21-9-4-3-5-14(21)8-10-22(2)15-11-23(12-15)17-7-6-16-19-18-13-24(16)20-17/h6-7,13-15H,3-5,8-12H2,1-2H3. The lowest BCUT2D eigenvalue weighted by atomic mass is 9.99. The van der Waals surface area contributed by atoms with Crippen molar-refractivity contribution in [2.24, 2.45) is 0 Å². The maximum atomic E-state index is 4.57. The molecule has 0 bridgehead atoms. The lowest BCUT2D eigenvalue weighted by Gasteiger charge is -2.45. The van der Waals surface area contributed by atoms with Crippen molar-refractivity contribution >= 4 is 11.5 Å². The Morgan fingerprint density at radius 2 is 2.12 bits per heavy atom. The average molecular weight is 329 g/mol. The second-order valence-electron chi connectivity index (χ2n) is 7.28. The predicted molar refractivity (Wildman–Crippen MR) is 94.3 cm³/mol. The first-order valence-corrected chi connectivity index (χ1v) is 9.03. The largest absolute Gasteiger partial charge is 0.352 e. The van der Waals surface area contributed by atoms with Gasteiger partial charge in [-0.2, -0.15) is 4.52 Å². The van der Waals surface area contributed by atoms with Gasteiger partial charge in [-0.05, 0) is 58.6 Å².